The van der Waals surface area contributed by atoms with Crippen LogP contribution in [0.4, 0.5) is 5.69 Å². The van der Waals surface area contributed by atoms with Crippen molar-refractivity contribution in [1.29, 1.82) is 0 Å². The number of nitrogens with zero attached hydrogens (tertiary/aromatic N) is 1. The summed E-state index contributed by atoms with van der Waals surface area (Å²) in [5.74, 6) is 0.0823. The van der Waals surface area contributed by atoms with Crippen LogP contribution in [0.1, 0.15) is 39.2 Å². The molecule has 4 heteroatoms. The molecule has 1 aliphatic carbocycles. The van der Waals surface area contributed by atoms with E-state index in [4.69, 9.17) is 5.73 Å². The number of nitrogens with two attached hydrogens (primary N) is 1. The smallest absolute Gasteiger partial charge is 0.234 e. The second-order valence-electron chi connectivity index (χ2n) is 6.63. The van der Waals surface area contributed by atoms with Crippen molar-refractivity contribution >= 4 is 11.6 Å². The minimum absolute atomic E-state index is 0.0823. The topological polar surface area (TPSA) is 58.4 Å². The summed E-state index contributed by atoms with van der Waals surface area (Å²) in [6, 6.07) is 8.40. The minimum atomic E-state index is -0.182. The number of hydrogen-bond donors (Lipinski definition) is 2. The van der Waals surface area contributed by atoms with Crippen molar-refractivity contribution in [3.8, 4) is 0 Å². The lowest BCUT2D eigenvalue weighted by Crippen LogP contribution is -2.46. The highest BCUT2D eigenvalue weighted by Crippen LogP contribution is 2.29. The van der Waals surface area contributed by atoms with Crippen LogP contribution in [0, 0.1) is 0 Å². The van der Waals surface area contributed by atoms with Gasteiger partial charge in [-0.2, -0.15) is 0 Å². The molecule has 3 N–H and O–H groups in total. The van der Waals surface area contributed by atoms with Crippen LogP contribution in [0.15, 0.2) is 24.3 Å². The fraction of sp³-hybridized carbons (Fsp3) is 0.562. The number of benzene rings is 1. The molecule has 0 bridgehead atoms. The van der Waals surface area contributed by atoms with E-state index in [1.165, 1.54) is 12.8 Å². The molecule has 0 heterocycles. The number of rotatable bonds is 5. The molecule has 0 aromatic heterocycles. The molecule has 1 fully saturated rings. The van der Waals surface area contributed by atoms with Crippen LogP contribution in [-0.2, 0) is 11.3 Å². The van der Waals surface area contributed by atoms with Gasteiger partial charge in [0.25, 0.3) is 0 Å². The van der Waals surface area contributed by atoms with Crippen molar-refractivity contribution < 1.29 is 4.79 Å². The van der Waals surface area contributed by atoms with Crippen LogP contribution >= 0.6 is 0 Å². The summed E-state index contributed by atoms with van der Waals surface area (Å²) in [4.78, 5) is 14.3. The number of amides is 1. The van der Waals surface area contributed by atoms with Crippen molar-refractivity contribution in [3.63, 3.8) is 0 Å². The van der Waals surface area contributed by atoms with E-state index in [9.17, 15) is 4.79 Å². The van der Waals surface area contributed by atoms with Gasteiger partial charge in [-0.15, -0.1) is 0 Å². The zero-order valence-corrected chi connectivity index (χ0v) is 12.6. The second-order valence-corrected chi connectivity index (χ2v) is 6.63. The lowest BCUT2D eigenvalue weighted by atomic mass is 10.1. The van der Waals surface area contributed by atoms with Gasteiger partial charge >= 0.3 is 0 Å². The highest BCUT2D eigenvalue weighted by molar-refractivity contribution is 5.78. The Hall–Kier alpha value is -1.55. The van der Waals surface area contributed by atoms with Crippen LogP contribution < -0.4 is 11.1 Å². The number of nitrogen functional groups attached to an aromatic ring is 1. The predicted molar refractivity (Wildman–Crippen MR) is 82.2 cm³/mol. The van der Waals surface area contributed by atoms with Crippen molar-refractivity contribution in [3.05, 3.63) is 29.8 Å². The van der Waals surface area contributed by atoms with E-state index in [1.54, 1.807) is 0 Å². The first-order valence-electron chi connectivity index (χ1n) is 7.23. The highest BCUT2D eigenvalue weighted by Gasteiger charge is 2.31. The number of carbonyl (C=O) groups excluding carboxylic acids is 1. The molecule has 0 radical (unpaired) electrons. The fourth-order valence-electron chi connectivity index (χ4n) is 2.29. The zero-order valence-electron chi connectivity index (χ0n) is 12.6. The van der Waals surface area contributed by atoms with Crippen molar-refractivity contribution in [2.75, 3.05) is 12.3 Å². The van der Waals surface area contributed by atoms with Crippen LogP contribution in [-0.4, -0.2) is 28.9 Å². The summed E-state index contributed by atoms with van der Waals surface area (Å²) < 4.78 is 0. The molecule has 4 nitrogen and oxygen atoms in total. The molecule has 0 unspecified atom stereocenters. The molecule has 1 aromatic carbocycles. The molecule has 0 atom stereocenters. The molecular formula is C16H25N3O. The predicted octanol–water partition coefficient (Wildman–Crippen LogP) is 2.15. The number of hydrogen-bond acceptors (Lipinski definition) is 3. The van der Waals surface area contributed by atoms with Gasteiger partial charge in [-0.3, -0.25) is 9.69 Å². The third-order valence-electron chi connectivity index (χ3n) is 3.35. The van der Waals surface area contributed by atoms with E-state index >= 15 is 0 Å². The largest absolute Gasteiger partial charge is 0.398 e. The van der Waals surface area contributed by atoms with Crippen molar-refractivity contribution in [2.45, 2.75) is 51.7 Å². The summed E-state index contributed by atoms with van der Waals surface area (Å²) in [6.07, 6.45) is 2.35. The lowest BCUT2D eigenvalue weighted by molar-refractivity contribution is -0.123. The number of anilines is 1. The van der Waals surface area contributed by atoms with Gasteiger partial charge in [-0.05, 0) is 45.2 Å². The molecule has 1 saturated carbocycles. The molecule has 0 aliphatic heterocycles. The van der Waals surface area contributed by atoms with Crippen molar-refractivity contribution in [2.24, 2.45) is 0 Å². The minimum Gasteiger partial charge on any atom is -0.398 e. The van der Waals surface area contributed by atoms with Gasteiger partial charge in [0.2, 0.25) is 5.91 Å². The van der Waals surface area contributed by atoms with Gasteiger partial charge in [0.1, 0.15) is 0 Å². The molecule has 110 valence electrons. The summed E-state index contributed by atoms with van der Waals surface area (Å²) in [6.45, 7) is 7.19. The van der Waals surface area contributed by atoms with Gasteiger partial charge in [-0.25, -0.2) is 0 Å². The Morgan fingerprint density at radius 3 is 2.55 bits per heavy atom. The third-order valence-corrected chi connectivity index (χ3v) is 3.35. The summed E-state index contributed by atoms with van der Waals surface area (Å²) in [5.41, 5.74) is 7.71. The third kappa shape index (κ3) is 4.53. The standard InChI is InChI=1S/C16H25N3O/c1-16(2,3)18-15(20)11-19(13-8-9-13)10-12-6-4-5-7-14(12)17/h4-7,13H,8-11,17H2,1-3H3,(H,18,20). The Kier molecular flexibility index (Phi) is 4.33. The quantitative estimate of drug-likeness (QED) is 0.810. The Morgan fingerprint density at radius 2 is 2.00 bits per heavy atom. The van der Waals surface area contributed by atoms with Crippen molar-refractivity contribution in [1.82, 2.24) is 10.2 Å². The fourth-order valence-corrected chi connectivity index (χ4v) is 2.29. The van der Waals surface area contributed by atoms with E-state index in [-0.39, 0.29) is 11.4 Å². The van der Waals surface area contributed by atoms with Crippen LogP contribution in [0.25, 0.3) is 0 Å². The van der Waals surface area contributed by atoms with Gasteiger partial charge in [0.15, 0.2) is 0 Å². The first-order valence-corrected chi connectivity index (χ1v) is 7.23. The Morgan fingerprint density at radius 1 is 1.35 bits per heavy atom. The molecule has 1 aliphatic rings. The summed E-state index contributed by atoms with van der Waals surface area (Å²) >= 11 is 0. The average molecular weight is 275 g/mol. The first-order chi connectivity index (χ1) is 9.35. The summed E-state index contributed by atoms with van der Waals surface area (Å²) in [5, 5.41) is 3.02. The number of nitrogens with one attached hydrogen (secondary N) is 1. The van der Waals surface area contributed by atoms with Crippen LogP contribution in [0.2, 0.25) is 0 Å². The van der Waals surface area contributed by atoms with Crippen LogP contribution in [0.5, 0.6) is 0 Å². The maximum atomic E-state index is 12.1. The molecule has 1 aromatic rings. The van der Waals surface area contributed by atoms with E-state index in [0.29, 0.717) is 12.6 Å². The SMILES string of the molecule is CC(C)(C)NC(=O)CN(Cc1ccccc1N)C1CC1. The van der Waals surface area contributed by atoms with Gasteiger partial charge in [0.05, 0.1) is 6.54 Å². The molecule has 0 spiro atoms. The maximum absolute atomic E-state index is 12.1. The summed E-state index contributed by atoms with van der Waals surface area (Å²) in [7, 11) is 0. The second kappa shape index (κ2) is 5.83. The van der Waals surface area contributed by atoms with E-state index in [2.05, 4.69) is 10.2 Å². The molecular weight excluding hydrogens is 250 g/mol. The monoisotopic (exact) mass is 275 g/mol. The molecule has 20 heavy (non-hydrogen) atoms. The first kappa shape index (κ1) is 14.9. The lowest BCUT2D eigenvalue weighted by Gasteiger charge is -2.26. The Labute approximate surface area is 121 Å². The van der Waals surface area contributed by atoms with E-state index < -0.39 is 0 Å². The Balaban J connectivity index is 1.98. The Bertz CT molecular complexity index is 475. The molecule has 2 rings (SSSR count). The van der Waals surface area contributed by atoms with Gasteiger partial charge in [0, 0.05) is 23.8 Å². The van der Waals surface area contributed by atoms with E-state index in [0.717, 1.165) is 17.8 Å². The molecule has 1 amide bonds. The molecule has 0 saturated heterocycles. The number of carbonyl (C=O) groups is 1. The highest BCUT2D eigenvalue weighted by atomic mass is 16.2. The van der Waals surface area contributed by atoms with Crippen LogP contribution in [0.3, 0.4) is 0 Å². The van der Waals surface area contributed by atoms with Gasteiger partial charge < -0.3 is 11.1 Å². The van der Waals surface area contributed by atoms with E-state index in [1.807, 2.05) is 45.0 Å². The average Bonchev–Trinajstić information content (AvgIpc) is 3.12. The number of para-hydroxylation sites is 1. The normalized spacial score (nSPS) is 15.4. The zero-order chi connectivity index (χ0) is 14.8. The maximum Gasteiger partial charge on any atom is 0.234 e. The van der Waals surface area contributed by atoms with Gasteiger partial charge in [-0.1, -0.05) is 18.2 Å².